The lowest BCUT2D eigenvalue weighted by Gasteiger charge is -2.31. The summed E-state index contributed by atoms with van der Waals surface area (Å²) in [4.78, 5) is 19.0. The van der Waals surface area contributed by atoms with Gasteiger partial charge in [-0.2, -0.15) is 4.98 Å². The molecule has 1 amide bonds. The van der Waals surface area contributed by atoms with Gasteiger partial charge in [-0.05, 0) is 38.0 Å². The molecule has 124 valence electrons. The van der Waals surface area contributed by atoms with Crippen LogP contribution in [-0.4, -0.2) is 47.3 Å². The molecule has 0 radical (unpaired) electrons. The lowest BCUT2D eigenvalue weighted by Crippen LogP contribution is -2.36. The van der Waals surface area contributed by atoms with Crippen LogP contribution in [0.2, 0.25) is 0 Å². The Labute approximate surface area is 135 Å². The van der Waals surface area contributed by atoms with Gasteiger partial charge in [0.25, 0.3) is 0 Å². The molecule has 0 bridgehead atoms. The summed E-state index contributed by atoms with van der Waals surface area (Å²) in [5.41, 5.74) is 1.01. The van der Waals surface area contributed by atoms with Crippen molar-refractivity contribution in [1.82, 2.24) is 15.0 Å². The van der Waals surface area contributed by atoms with Crippen LogP contribution in [-0.2, 0) is 16.0 Å². The second-order valence-corrected chi connectivity index (χ2v) is 6.99. The highest BCUT2D eigenvalue weighted by Crippen LogP contribution is 2.36. The summed E-state index contributed by atoms with van der Waals surface area (Å²) >= 11 is 0. The Balaban J connectivity index is 1.44. The van der Waals surface area contributed by atoms with Crippen molar-refractivity contribution in [2.75, 3.05) is 26.3 Å². The summed E-state index contributed by atoms with van der Waals surface area (Å²) in [5, 5.41) is 3.86. The zero-order valence-corrected chi connectivity index (χ0v) is 13.5. The topological polar surface area (TPSA) is 68.5 Å². The molecule has 3 atom stereocenters. The van der Waals surface area contributed by atoms with E-state index in [0.717, 1.165) is 51.0 Å². The molecule has 4 rings (SSSR count). The van der Waals surface area contributed by atoms with E-state index < -0.39 is 0 Å². The number of amides is 1. The van der Waals surface area contributed by atoms with E-state index in [1.54, 1.807) is 0 Å². The van der Waals surface area contributed by atoms with Crippen molar-refractivity contribution in [1.29, 1.82) is 0 Å². The van der Waals surface area contributed by atoms with Gasteiger partial charge in [-0.15, -0.1) is 0 Å². The second kappa shape index (κ2) is 6.07. The number of carbonyl (C=O) groups is 1. The van der Waals surface area contributed by atoms with E-state index in [9.17, 15) is 4.79 Å². The molecular weight excluding hydrogens is 294 g/mol. The fraction of sp³-hybridized carbons (Fsp3) is 0.706. The minimum absolute atomic E-state index is 0.240. The number of aryl methyl sites for hydroxylation is 1. The monoisotopic (exact) mass is 317 g/mol. The summed E-state index contributed by atoms with van der Waals surface area (Å²) in [6.45, 7) is 4.96. The Bertz CT molecular complexity index is 624. The van der Waals surface area contributed by atoms with Crippen molar-refractivity contribution in [3.05, 3.63) is 23.4 Å². The van der Waals surface area contributed by atoms with Gasteiger partial charge in [0.2, 0.25) is 11.8 Å². The number of allylic oxidation sites excluding steroid dienone is 1. The number of ether oxygens (including phenoxy) is 1. The Morgan fingerprint density at radius 3 is 3.04 bits per heavy atom. The first-order chi connectivity index (χ1) is 11.2. The first-order valence-corrected chi connectivity index (χ1v) is 8.56. The minimum atomic E-state index is 0.240. The van der Waals surface area contributed by atoms with Gasteiger partial charge in [0.15, 0.2) is 5.82 Å². The summed E-state index contributed by atoms with van der Waals surface area (Å²) in [6.07, 6.45) is 5.95. The number of likely N-dealkylation sites (tertiary alicyclic amines) is 1. The summed E-state index contributed by atoms with van der Waals surface area (Å²) in [5.74, 6) is 2.85. The quantitative estimate of drug-likeness (QED) is 0.849. The van der Waals surface area contributed by atoms with E-state index in [4.69, 9.17) is 9.26 Å². The van der Waals surface area contributed by atoms with E-state index in [0.29, 0.717) is 36.1 Å². The van der Waals surface area contributed by atoms with Crippen molar-refractivity contribution in [3.8, 4) is 0 Å². The maximum atomic E-state index is 12.6. The number of aromatic nitrogens is 2. The molecule has 0 spiro atoms. The average molecular weight is 317 g/mol. The fourth-order valence-electron chi connectivity index (χ4n) is 4.19. The highest BCUT2D eigenvalue weighted by atomic mass is 16.5. The molecule has 0 saturated carbocycles. The Kier molecular flexibility index (Phi) is 3.93. The van der Waals surface area contributed by atoms with Crippen LogP contribution < -0.4 is 0 Å². The number of carbonyl (C=O) groups excluding carboxylic acids is 1. The van der Waals surface area contributed by atoms with E-state index >= 15 is 0 Å². The molecule has 2 aliphatic heterocycles. The molecule has 3 heterocycles. The van der Waals surface area contributed by atoms with Gasteiger partial charge in [0.05, 0.1) is 13.2 Å². The van der Waals surface area contributed by atoms with Crippen molar-refractivity contribution in [2.45, 2.75) is 32.6 Å². The van der Waals surface area contributed by atoms with Gasteiger partial charge in [-0.1, -0.05) is 11.2 Å². The first-order valence-electron chi connectivity index (χ1n) is 8.56. The largest absolute Gasteiger partial charge is 0.381 e. The van der Waals surface area contributed by atoms with Crippen LogP contribution in [0.4, 0.5) is 0 Å². The molecule has 2 saturated heterocycles. The molecule has 0 unspecified atom stereocenters. The molecular formula is C17H23N3O3. The highest BCUT2D eigenvalue weighted by molar-refractivity contribution is 5.94. The van der Waals surface area contributed by atoms with Crippen molar-refractivity contribution in [3.63, 3.8) is 0 Å². The van der Waals surface area contributed by atoms with E-state index in [1.807, 2.05) is 11.8 Å². The van der Waals surface area contributed by atoms with E-state index in [1.165, 1.54) is 0 Å². The van der Waals surface area contributed by atoms with Crippen LogP contribution in [0.3, 0.4) is 0 Å². The zero-order chi connectivity index (χ0) is 15.8. The predicted octanol–water partition coefficient (Wildman–Crippen LogP) is 1.75. The summed E-state index contributed by atoms with van der Waals surface area (Å²) < 4.78 is 11.1. The lowest BCUT2D eigenvalue weighted by atomic mass is 9.81. The fourth-order valence-corrected chi connectivity index (χ4v) is 4.19. The van der Waals surface area contributed by atoms with E-state index in [2.05, 4.69) is 16.2 Å². The number of hydrogen-bond donors (Lipinski definition) is 0. The Morgan fingerprint density at radius 2 is 2.30 bits per heavy atom. The molecule has 0 N–H and O–H groups in total. The van der Waals surface area contributed by atoms with Gasteiger partial charge < -0.3 is 14.2 Å². The van der Waals surface area contributed by atoms with Crippen molar-refractivity contribution < 1.29 is 14.1 Å². The molecule has 6 nitrogen and oxygen atoms in total. The molecule has 0 aromatic carbocycles. The number of nitrogens with zero attached hydrogens (tertiary/aromatic N) is 3. The maximum Gasteiger partial charge on any atom is 0.249 e. The molecule has 23 heavy (non-hydrogen) atoms. The Morgan fingerprint density at radius 1 is 1.39 bits per heavy atom. The maximum absolute atomic E-state index is 12.6. The third-order valence-corrected chi connectivity index (χ3v) is 5.37. The number of hydrogen-bond acceptors (Lipinski definition) is 5. The van der Waals surface area contributed by atoms with Gasteiger partial charge in [-0.25, -0.2) is 0 Å². The summed E-state index contributed by atoms with van der Waals surface area (Å²) in [7, 11) is 0. The molecule has 2 fully saturated rings. The van der Waals surface area contributed by atoms with Crippen LogP contribution in [0, 0.1) is 24.7 Å². The minimum Gasteiger partial charge on any atom is -0.381 e. The third kappa shape index (κ3) is 2.92. The standard InChI is InChI=1S/C17H23N3O3/c1-11-18-16(23-19-11)6-13-9-22-10-14-7-20(8-15(13)14)17(21)12-4-2-3-5-12/h4,13-15H,2-3,5-10H2,1H3/t13-,14-,15+/m1/s1. The molecule has 6 heteroatoms. The van der Waals surface area contributed by atoms with Gasteiger partial charge in [-0.3, -0.25) is 4.79 Å². The SMILES string of the molecule is Cc1noc(C[C@@H]2COC[C@H]3CN(C(=O)C4=CCCC4)C[C@@H]23)n1. The zero-order valence-electron chi connectivity index (χ0n) is 13.5. The van der Waals surface area contributed by atoms with Gasteiger partial charge in [0, 0.05) is 31.0 Å². The van der Waals surface area contributed by atoms with Crippen LogP contribution in [0.15, 0.2) is 16.2 Å². The second-order valence-electron chi connectivity index (χ2n) is 6.99. The highest BCUT2D eigenvalue weighted by Gasteiger charge is 2.43. The van der Waals surface area contributed by atoms with Gasteiger partial charge >= 0.3 is 0 Å². The number of fused-ring (bicyclic) bond motifs is 1. The third-order valence-electron chi connectivity index (χ3n) is 5.37. The van der Waals surface area contributed by atoms with Crippen LogP contribution in [0.25, 0.3) is 0 Å². The molecule has 1 aromatic heterocycles. The van der Waals surface area contributed by atoms with Crippen LogP contribution in [0.1, 0.15) is 31.0 Å². The van der Waals surface area contributed by atoms with Crippen LogP contribution >= 0.6 is 0 Å². The molecule has 1 aliphatic carbocycles. The van der Waals surface area contributed by atoms with E-state index in [-0.39, 0.29) is 5.91 Å². The lowest BCUT2D eigenvalue weighted by molar-refractivity contribution is -0.126. The van der Waals surface area contributed by atoms with Crippen molar-refractivity contribution >= 4 is 5.91 Å². The predicted molar refractivity (Wildman–Crippen MR) is 82.5 cm³/mol. The average Bonchev–Trinajstić information content (AvgIpc) is 3.26. The Hall–Kier alpha value is -1.69. The van der Waals surface area contributed by atoms with Gasteiger partial charge in [0.1, 0.15) is 0 Å². The normalized spacial score (nSPS) is 30.4. The molecule has 1 aromatic rings. The van der Waals surface area contributed by atoms with Crippen molar-refractivity contribution in [2.24, 2.45) is 17.8 Å². The smallest absolute Gasteiger partial charge is 0.249 e. The summed E-state index contributed by atoms with van der Waals surface area (Å²) in [6, 6.07) is 0. The van der Waals surface area contributed by atoms with Crippen LogP contribution in [0.5, 0.6) is 0 Å². The first kappa shape index (κ1) is 14.9. The molecule has 3 aliphatic rings. The number of rotatable bonds is 3.